The van der Waals surface area contributed by atoms with E-state index in [4.69, 9.17) is 0 Å². The topological polar surface area (TPSA) is 78.5 Å². The SMILES string of the molecule is CCCC[C@H](CC)C(=O)N1CCC(C(=O)NCCNC(=O)c2ccccc2)CC1. The summed E-state index contributed by atoms with van der Waals surface area (Å²) in [7, 11) is 0. The lowest BCUT2D eigenvalue weighted by atomic mass is 9.92. The molecule has 2 N–H and O–H groups in total. The first-order valence-electron chi connectivity index (χ1n) is 11.0. The molecule has 6 nitrogen and oxygen atoms in total. The molecule has 0 saturated carbocycles. The highest BCUT2D eigenvalue weighted by Gasteiger charge is 2.29. The lowest BCUT2D eigenvalue weighted by Gasteiger charge is -2.33. The van der Waals surface area contributed by atoms with Gasteiger partial charge in [-0.2, -0.15) is 0 Å². The fourth-order valence-electron chi connectivity index (χ4n) is 3.77. The zero-order chi connectivity index (χ0) is 21.1. The Bertz CT molecular complexity index is 655. The smallest absolute Gasteiger partial charge is 0.251 e. The summed E-state index contributed by atoms with van der Waals surface area (Å²) in [6, 6.07) is 9.02. The third kappa shape index (κ3) is 7.18. The molecule has 1 atom stereocenters. The largest absolute Gasteiger partial charge is 0.354 e. The average molecular weight is 402 g/mol. The van der Waals surface area contributed by atoms with E-state index in [1.807, 2.05) is 23.1 Å². The van der Waals surface area contributed by atoms with Gasteiger partial charge in [0.15, 0.2) is 0 Å². The molecule has 0 spiro atoms. The molecule has 0 aromatic heterocycles. The Morgan fingerprint density at radius 2 is 1.69 bits per heavy atom. The molecule has 1 aromatic rings. The van der Waals surface area contributed by atoms with Crippen molar-refractivity contribution in [3.8, 4) is 0 Å². The summed E-state index contributed by atoms with van der Waals surface area (Å²) in [6.07, 6.45) is 5.45. The van der Waals surface area contributed by atoms with Crippen molar-refractivity contribution < 1.29 is 14.4 Å². The third-order valence-corrected chi connectivity index (χ3v) is 5.67. The molecule has 0 bridgehead atoms. The van der Waals surface area contributed by atoms with Crippen LogP contribution in [-0.2, 0) is 9.59 Å². The first-order valence-corrected chi connectivity index (χ1v) is 11.0. The normalized spacial score (nSPS) is 15.6. The highest BCUT2D eigenvalue weighted by Crippen LogP contribution is 2.22. The van der Waals surface area contributed by atoms with E-state index in [1.54, 1.807) is 12.1 Å². The van der Waals surface area contributed by atoms with E-state index in [1.165, 1.54) is 0 Å². The Balaban J connectivity index is 1.66. The number of nitrogens with one attached hydrogen (secondary N) is 2. The van der Waals surface area contributed by atoms with Crippen LogP contribution >= 0.6 is 0 Å². The van der Waals surface area contributed by atoms with Crippen LogP contribution in [0.2, 0.25) is 0 Å². The van der Waals surface area contributed by atoms with Crippen LogP contribution in [0.1, 0.15) is 62.7 Å². The molecule has 2 rings (SSSR count). The lowest BCUT2D eigenvalue weighted by Crippen LogP contribution is -2.45. The van der Waals surface area contributed by atoms with Crippen molar-refractivity contribution in [2.24, 2.45) is 11.8 Å². The molecule has 3 amide bonds. The van der Waals surface area contributed by atoms with E-state index in [-0.39, 0.29) is 29.6 Å². The molecule has 1 aromatic carbocycles. The Hall–Kier alpha value is -2.37. The number of amides is 3. The average Bonchev–Trinajstić information content (AvgIpc) is 2.77. The number of rotatable bonds is 10. The van der Waals surface area contributed by atoms with E-state index in [9.17, 15) is 14.4 Å². The van der Waals surface area contributed by atoms with Crippen molar-refractivity contribution in [1.82, 2.24) is 15.5 Å². The van der Waals surface area contributed by atoms with Gasteiger partial charge in [-0.05, 0) is 37.8 Å². The summed E-state index contributed by atoms with van der Waals surface area (Å²) in [6.45, 7) is 6.34. The monoisotopic (exact) mass is 401 g/mol. The summed E-state index contributed by atoms with van der Waals surface area (Å²) < 4.78 is 0. The standard InChI is InChI=1S/C23H35N3O3/c1-3-5-9-18(4-2)23(29)26-16-12-20(13-17-26)22(28)25-15-14-24-21(27)19-10-7-6-8-11-19/h6-8,10-11,18,20H,3-5,9,12-17H2,1-2H3,(H,24,27)(H,25,28)/t18-/m0/s1. The van der Waals surface area contributed by atoms with Gasteiger partial charge in [0, 0.05) is 43.6 Å². The summed E-state index contributed by atoms with van der Waals surface area (Å²) in [4.78, 5) is 39.0. The first-order chi connectivity index (χ1) is 14.1. The van der Waals surface area contributed by atoms with Gasteiger partial charge in [-0.1, -0.05) is 44.9 Å². The van der Waals surface area contributed by atoms with Crippen LogP contribution < -0.4 is 10.6 Å². The number of nitrogens with zero attached hydrogens (tertiary/aromatic N) is 1. The van der Waals surface area contributed by atoms with Gasteiger partial charge in [-0.3, -0.25) is 14.4 Å². The quantitative estimate of drug-likeness (QED) is 0.592. The van der Waals surface area contributed by atoms with Crippen molar-refractivity contribution in [1.29, 1.82) is 0 Å². The number of benzene rings is 1. The summed E-state index contributed by atoms with van der Waals surface area (Å²) >= 11 is 0. The molecule has 0 unspecified atom stereocenters. The van der Waals surface area contributed by atoms with Gasteiger partial charge in [0.25, 0.3) is 5.91 Å². The number of likely N-dealkylation sites (tertiary alicyclic amines) is 1. The predicted molar refractivity (Wildman–Crippen MR) is 114 cm³/mol. The molecule has 1 heterocycles. The van der Waals surface area contributed by atoms with Gasteiger partial charge in [0.2, 0.25) is 11.8 Å². The molecule has 0 aliphatic carbocycles. The van der Waals surface area contributed by atoms with Gasteiger partial charge in [0.1, 0.15) is 0 Å². The van der Waals surface area contributed by atoms with Crippen LogP contribution in [0.5, 0.6) is 0 Å². The molecular formula is C23H35N3O3. The number of hydrogen-bond acceptors (Lipinski definition) is 3. The highest BCUT2D eigenvalue weighted by atomic mass is 16.2. The number of carbonyl (C=O) groups excluding carboxylic acids is 3. The van der Waals surface area contributed by atoms with Crippen LogP contribution in [0.25, 0.3) is 0 Å². The minimum atomic E-state index is -0.139. The molecule has 1 fully saturated rings. The maximum atomic E-state index is 12.7. The van der Waals surface area contributed by atoms with E-state index >= 15 is 0 Å². The Morgan fingerprint density at radius 1 is 1.03 bits per heavy atom. The summed E-state index contributed by atoms with van der Waals surface area (Å²) in [5.41, 5.74) is 0.611. The molecule has 1 aliphatic heterocycles. The van der Waals surface area contributed by atoms with Crippen LogP contribution in [-0.4, -0.2) is 48.8 Å². The molecule has 0 radical (unpaired) electrons. The third-order valence-electron chi connectivity index (χ3n) is 5.67. The Kier molecular flexibility index (Phi) is 9.68. The maximum Gasteiger partial charge on any atom is 0.251 e. The van der Waals surface area contributed by atoms with Crippen LogP contribution in [0.15, 0.2) is 30.3 Å². The van der Waals surface area contributed by atoms with Crippen LogP contribution in [0.3, 0.4) is 0 Å². The fourth-order valence-corrected chi connectivity index (χ4v) is 3.77. The molecule has 160 valence electrons. The van der Waals surface area contributed by atoms with Gasteiger partial charge in [-0.25, -0.2) is 0 Å². The highest BCUT2D eigenvalue weighted by molar-refractivity contribution is 5.94. The fraction of sp³-hybridized carbons (Fsp3) is 0.609. The molecular weight excluding hydrogens is 366 g/mol. The van der Waals surface area contributed by atoms with E-state index in [0.717, 1.165) is 25.7 Å². The minimum absolute atomic E-state index is 0.0177. The molecule has 29 heavy (non-hydrogen) atoms. The van der Waals surface area contributed by atoms with E-state index < -0.39 is 0 Å². The first kappa shape index (κ1) is 22.9. The van der Waals surface area contributed by atoms with Crippen molar-refractivity contribution in [3.63, 3.8) is 0 Å². The number of piperidine rings is 1. The van der Waals surface area contributed by atoms with Crippen molar-refractivity contribution in [3.05, 3.63) is 35.9 Å². The number of hydrogen-bond donors (Lipinski definition) is 2. The van der Waals surface area contributed by atoms with Gasteiger partial charge in [-0.15, -0.1) is 0 Å². The summed E-state index contributed by atoms with van der Waals surface area (Å²) in [5.74, 6) is 0.195. The number of carbonyl (C=O) groups is 3. The van der Waals surface area contributed by atoms with Crippen LogP contribution in [0, 0.1) is 11.8 Å². The van der Waals surface area contributed by atoms with Crippen molar-refractivity contribution in [2.45, 2.75) is 52.4 Å². The Labute approximate surface area is 174 Å². The predicted octanol–water partition coefficient (Wildman–Crippen LogP) is 2.99. The van der Waals surface area contributed by atoms with E-state index in [2.05, 4.69) is 24.5 Å². The van der Waals surface area contributed by atoms with Crippen molar-refractivity contribution >= 4 is 17.7 Å². The van der Waals surface area contributed by atoms with Gasteiger partial charge >= 0.3 is 0 Å². The maximum absolute atomic E-state index is 12.7. The second kappa shape index (κ2) is 12.2. The van der Waals surface area contributed by atoms with Crippen molar-refractivity contribution in [2.75, 3.05) is 26.2 Å². The number of unbranched alkanes of at least 4 members (excludes halogenated alkanes) is 1. The van der Waals surface area contributed by atoms with Crippen LogP contribution in [0.4, 0.5) is 0 Å². The van der Waals surface area contributed by atoms with Gasteiger partial charge < -0.3 is 15.5 Å². The van der Waals surface area contributed by atoms with E-state index in [0.29, 0.717) is 44.6 Å². The zero-order valence-electron chi connectivity index (χ0n) is 17.8. The lowest BCUT2D eigenvalue weighted by molar-refractivity contribution is -0.139. The Morgan fingerprint density at radius 3 is 2.31 bits per heavy atom. The molecule has 1 aliphatic rings. The summed E-state index contributed by atoms with van der Waals surface area (Å²) in [5, 5.41) is 5.72. The van der Waals surface area contributed by atoms with Gasteiger partial charge in [0.05, 0.1) is 0 Å². The minimum Gasteiger partial charge on any atom is -0.354 e. The second-order valence-corrected chi connectivity index (χ2v) is 7.76. The molecule has 1 saturated heterocycles. The molecule has 6 heteroatoms. The second-order valence-electron chi connectivity index (χ2n) is 7.76. The zero-order valence-corrected chi connectivity index (χ0v) is 17.8.